The summed E-state index contributed by atoms with van der Waals surface area (Å²) in [7, 11) is 0. The van der Waals surface area contributed by atoms with Crippen molar-refractivity contribution in [1.29, 1.82) is 0 Å². The maximum Gasteiger partial charge on any atom is 0.252 e. The number of anilines is 1. The lowest BCUT2D eigenvalue weighted by molar-refractivity contribution is 0.0952. The molecular weight excluding hydrogens is 326 g/mol. The van der Waals surface area contributed by atoms with Crippen molar-refractivity contribution in [2.45, 2.75) is 24.9 Å². The third-order valence-corrected chi connectivity index (χ3v) is 4.58. The number of aliphatic hydroxyl groups excluding tert-OH is 1. The van der Waals surface area contributed by atoms with E-state index in [2.05, 4.69) is 15.6 Å². The third kappa shape index (κ3) is 3.53. The van der Waals surface area contributed by atoms with E-state index in [1.807, 2.05) is 54.6 Å². The molecular formula is C21H21N3O2. The molecule has 0 saturated heterocycles. The number of hydrogen-bond acceptors (Lipinski definition) is 4. The van der Waals surface area contributed by atoms with Gasteiger partial charge in [-0.2, -0.15) is 0 Å². The minimum absolute atomic E-state index is 0.0673. The van der Waals surface area contributed by atoms with Crippen molar-refractivity contribution < 1.29 is 9.90 Å². The highest BCUT2D eigenvalue weighted by atomic mass is 16.3. The Morgan fingerprint density at radius 2 is 1.85 bits per heavy atom. The van der Waals surface area contributed by atoms with Gasteiger partial charge in [-0.1, -0.05) is 48.5 Å². The van der Waals surface area contributed by atoms with Gasteiger partial charge in [-0.25, -0.2) is 4.98 Å². The number of aliphatic hydroxyl groups is 1. The molecule has 1 unspecified atom stereocenters. The quantitative estimate of drug-likeness (QED) is 0.640. The van der Waals surface area contributed by atoms with Gasteiger partial charge in [-0.3, -0.25) is 4.79 Å². The van der Waals surface area contributed by atoms with Gasteiger partial charge in [0, 0.05) is 11.4 Å². The summed E-state index contributed by atoms with van der Waals surface area (Å²) < 4.78 is 0. The summed E-state index contributed by atoms with van der Waals surface area (Å²) in [5.41, 5.74) is 2.33. The van der Waals surface area contributed by atoms with Gasteiger partial charge in [0.1, 0.15) is 5.82 Å². The molecule has 3 aromatic rings. The summed E-state index contributed by atoms with van der Waals surface area (Å²) in [4.78, 5) is 17.3. The van der Waals surface area contributed by atoms with E-state index >= 15 is 0 Å². The van der Waals surface area contributed by atoms with Crippen LogP contribution in [0.15, 0.2) is 60.7 Å². The third-order valence-electron chi connectivity index (χ3n) is 4.58. The predicted octanol–water partition coefficient (Wildman–Crippen LogP) is 3.27. The fourth-order valence-corrected chi connectivity index (χ4v) is 3.03. The Bertz CT molecular complexity index is 923. The number of aromatic nitrogens is 1. The van der Waals surface area contributed by atoms with Crippen LogP contribution in [0.4, 0.5) is 5.82 Å². The highest BCUT2D eigenvalue weighted by Crippen LogP contribution is 2.26. The second kappa shape index (κ2) is 7.14. The minimum atomic E-state index is -0.288. The lowest BCUT2D eigenvalue weighted by Crippen LogP contribution is -2.26. The Morgan fingerprint density at radius 3 is 2.58 bits per heavy atom. The Balaban J connectivity index is 1.69. The minimum Gasteiger partial charge on any atom is -0.394 e. The molecule has 5 nitrogen and oxygen atoms in total. The number of amides is 1. The molecule has 1 aliphatic carbocycles. The Hall–Kier alpha value is -2.92. The first-order valence-electron chi connectivity index (χ1n) is 8.87. The molecule has 4 rings (SSSR count). The van der Waals surface area contributed by atoms with E-state index in [1.165, 1.54) is 0 Å². The summed E-state index contributed by atoms with van der Waals surface area (Å²) in [6.45, 7) is -0.0673. The number of nitrogens with zero attached hydrogens (tertiary/aromatic N) is 1. The molecule has 0 bridgehead atoms. The topological polar surface area (TPSA) is 74.2 Å². The van der Waals surface area contributed by atoms with Crippen molar-refractivity contribution in [3.63, 3.8) is 0 Å². The van der Waals surface area contributed by atoms with Crippen molar-refractivity contribution in [2.75, 3.05) is 11.9 Å². The molecule has 1 heterocycles. The number of carbonyl (C=O) groups excluding carboxylic acids is 1. The highest BCUT2D eigenvalue weighted by Gasteiger charge is 2.25. The molecule has 5 heteroatoms. The van der Waals surface area contributed by atoms with E-state index in [-0.39, 0.29) is 18.6 Å². The summed E-state index contributed by atoms with van der Waals surface area (Å²) in [5, 5.41) is 16.9. The van der Waals surface area contributed by atoms with E-state index in [1.54, 1.807) is 6.07 Å². The number of carbonyl (C=O) groups is 1. The van der Waals surface area contributed by atoms with Gasteiger partial charge in [0.05, 0.1) is 23.7 Å². The smallest absolute Gasteiger partial charge is 0.252 e. The maximum atomic E-state index is 12.7. The molecule has 26 heavy (non-hydrogen) atoms. The first-order valence-corrected chi connectivity index (χ1v) is 8.87. The molecule has 0 radical (unpaired) electrons. The fraction of sp³-hybridized carbons (Fsp3) is 0.238. The summed E-state index contributed by atoms with van der Waals surface area (Å²) >= 11 is 0. The van der Waals surface area contributed by atoms with Gasteiger partial charge >= 0.3 is 0 Å². The number of benzene rings is 2. The van der Waals surface area contributed by atoms with Crippen molar-refractivity contribution in [2.24, 2.45) is 0 Å². The second-order valence-corrected chi connectivity index (χ2v) is 6.61. The van der Waals surface area contributed by atoms with Crippen molar-refractivity contribution in [3.05, 3.63) is 71.8 Å². The van der Waals surface area contributed by atoms with Crippen molar-refractivity contribution >= 4 is 22.6 Å². The van der Waals surface area contributed by atoms with Crippen LogP contribution in [-0.4, -0.2) is 28.6 Å². The number of para-hydroxylation sites is 1. The number of fused-ring (bicyclic) bond motifs is 1. The molecule has 132 valence electrons. The van der Waals surface area contributed by atoms with Crippen LogP contribution in [0, 0.1) is 0 Å². The van der Waals surface area contributed by atoms with Crippen LogP contribution < -0.4 is 10.6 Å². The van der Waals surface area contributed by atoms with E-state index < -0.39 is 0 Å². The zero-order chi connectivity index (χ0) is 17.9. The van der Waals surface area contributed by atoms with Gasteiger partial charge < -0.3 is 15.7 Å². The summed E-state index contributed by atoms with van der Waals surface area (Å²) in [6.07, 6.45) is 2.08. The lowest BCUT2D eigenvalue weighted by atomic mass is 10.1. The fourth-order valence-electron chi connectivity index (χ4n) is 3.03. The van der Waals surface area contributed by atoms with E-state index in [0.717, 1.165) is 29.3 Å². The predicted molar refractivity (Wildman–Crippen MR) is 102 cm³/mol. The molecule has 0 aliphatic heterocycles. The van der Waals surface area contributed by atoms with Crippen LogP contribution in [0.2, 0.25) is 0 Å². The number of nitrogens with one attached hydrogen (secondary N) is 2. The zero-order valence-electron chi connectivity index (χ0n) is 14.4. The van der Waals surface area contributed by atoms with Crippen molar-refractivity contribution in [3.8, 4) is 0 Å². The monoisotopic (exact) mass is 347 g/mol. The molecule has 1 amide bonds. The summed E-state index contributed by atoms with van der Waals surface area (Å²) in [6, 6.07) is 19.1. The lowest BCUT2D eigenvalue weighted by Gasteiger charge is -2.18. The van der Waals surface area contributed by atoms with Crippen molar-refractivity contribution in [1.82, 2.24) is 10.3 Å². The van der Waals surface area contributed by atoms with Crippen LogP contribution in [0.1, 0.15) is 34.8 Å². The van der Waals surface area contributed by atoms with E-state index in [9.17, 15) is 9.90 Å². The molecule has 1 atom stereocenters. The van der Waals surface area contributed by atoms with Gasteiger partial charge in [-0.15, -0.1) is 0 Å². The average molecular weight is 347 g/mol. The van der Waals surface area contributed by atoms with Crippen LogP contribution in [-0.2, 0) is 0 Å². The van der Waals surface area contributed by atoms with Crippen LogP contribution in [0.25, 0.3) is 10.9 Å². The van der Waals surface area contributed by atoms with Crippen LogP contribution in [0.5, 0.6) is 0 Å². The first-order chi connectivity index (χ1) is 12.7. The molecule has 1 saturated carbocycles. The van der Waals surface area contributed by atoms with Crippen LogP contribution in [0.3, 0.4) is 0 Å². The molecule has 3 N–H and O–H groups in total. The molecule has 0 spiro atoms. The number of rotatable bonds is 6. The second-order valence-electron chi connectivity index (χ2n) is 6.61. The SMILES string of the molecule is O=C(NC1CC1)c1cc(NC(CO)c2ccccc2)nc2ccccc12. The zero-order valence-corrected chi connectivity index (χ0v) is 14.4. The molecule has 1 aromatic heterocycles. The average Bonchev–Trinajstić information content (AvgIpc) is 3.50. The normalized spacial score (nSPS) is 14.8. The van der Waals surface area contributed by atoms with E-state index in [4.69, 9.17) is 0 Å². The Kier molecular flexibility index (Phi) is 4.54. The van der Waals surface area contributed by atoms with Gasteiger partial charge in [0.2, 0.25) is 0 Å². The van der Waals surface area contributed by atoms with Crippen LogP contribution >= 0.6 is 0 Å². The van der Waals surface area contributed by atoms with E-state index in [0.29, 0.717) is 17.4 Å². The molecule has 1 fully saturated rings. The first kappa shape index (κ1) is 16.5. The van der Waals surface area contributed by atoms with Gasteiger partial charge in [0.15, 0.2) is 0 Å². The largest absolute Gasteiger partial charge is 0.394 e. The maximum absolute atomic E-state index is 12.7. The molecule has 1 aliphatic rings. The number of pyridine rings is 1. The highest BCUT2D eigenvalue weighted by molar-refractivity contribution is 6.07. The van der Waals surface area contributed by atoms with Gasteiger partial charge in [0.25, 0.3) is 5.91 Å². The Labute approximate surface area is 152 Å². The standard InChI is InChI=1S/C21H21N3O2/c25-13-19(14-6-2-1-3-7-14)24-20-12-17(21(26)22-15-10-11-15)16-8-4-5-9-18(16)23-20/h1-9,12,15,19,25H,10-11,13H2,(H,22,26)(H,23,24). The summed E-state index contributed by atoms with van der Waals surface area (Å²) in [5.74, 6) is 0.502. The molecule has 2 aromatic carbocycles. The van der Waals surface area contributed by atoms with Gasteiger partial charge in [-0.05, 0) is 30.5 Å². The Morgan fingerprint density at radius 1 is 1.12 bits per heavy atom. The number of hydrogen-bond donors (Lipinski definition) is 3.